The molecule has 0 heterocycles. The highest BCUT2D eigenvalue weighted by Crippen LogP contribution is 2.20. The number of carbonyl (C=O) groups is 2. The van der Waals surface area contributed by atoms with Crippen molar-refractivity contribution in [3.05, 3.63) is 59.7 Å². The SMILES string of the molecule is CCCCOc1ccccc1C(=O)Nc1cccc(C(=O)NCC)c1. The Bertz CT molecular complexity index is 728. The highest BCUT2D eigenvalue weighted by atomic mass is 16.5. The van der Waals surface area contributed by atoms with Crippen LogP contribution in [0, 0.1) is 0 Å². The summed E-state index contributed by atoms with van der Waals surface area (Å²) in [6.45, 7) is 5.08. The third kappa shape index (κ3) is 5.35. The molecule has 2 amide bonds. The summed E-state index contributed by atoms with van der Waals surface area (Å²) in [7, 11) is 0. The van der Waals surface area contributed by atoms with E-state index in [-0.39, 0.29) is 11.8 Å². The van der Waals surface area contributed by atoms with Gasteiger partial charge >= 0.3 is 0 Å². The third-order valence-corrected chi connectivity index (χ3v) is 3.61. The molecule has 0 aliphatic heterocycles. The molecule has 5 nitrogen and oxygen atoms in total. The van der Waals surface area contributed by atoms with E-state index >= 15 is 0 Å². The molecule has 2 aromatic carbocycles. The molecule has 2 N–H and O–H groups in total. The Morgan fingerprint density at radius 1 is 1.00 bits per heavy atom. The second-order valence-corrected chi connectivity index (χ2v) is 5.59. The number of unbranched alkanes of at least 4 members (excludes halogenated alkanes) is 1. The second-order valence-electron chi connectivity index (χ2n) is 5.59. The predicted molar refractivity (Wildman–Crippen MR) is 99.2 cm³/mol. The van der Waals surface area contributed by atoms with E-state index in [1.807, 2.05) is 13.0 Å². The Labute approximate surface area is 148 Å². The Morgan fingerprint density at radius 3 is 2.56 bits per heavy atom. The van der Waals surface area contributed by atoms with Gasteiger partial charge in [0.2, 0.25) is 0 Å². The molecule has 0 unspecified atom stereocenters. The molecule has 0 atom stereocenters. The van der Waals surface area contributed by atoms with Gasteiger partial charge in [-0.3, -0.25) is 9.59 Å². The van der Waals surface area contributed by atoms with Gasteiger partial charge in [-0.2, -0.15) is 0 Å². The van der Waals surface area contributed by atoms with Gasteiger partial charge in [-0.15, -0.1) is 0 Å². The first-order chi connectivity index (χ1) is 12.2. The summed E-state index contributed by atoms with van der Waals surface area (Å²) in [5.74, 6) is 0.135. The topological polar surface area (TPSA) is 67.4 Å². The minimum absolute atomic E-state index is 0.165. The van der Waals surface area contributed by atoms with Crippen molar-refractivity contribution in [2.45, 2.75) is 26.7 Å². The number of nitrogens with one attached hydrogen (secondary N) is 2. The average Bonchev–Trinajstić information content (AvgIpc) is 2.63. The number of hydrogen-bond donors (Lipinski definition) is 2. The highest BCUT2D eigenvalue weighted by molar-refractivity contribution is 6.06. The van der Waals surface area contributed by atoms with E-state index in [9.17, 15) is 9.59 Å². The molecule has 5 heteroatoms. The van der Waals surface area contributed by atoms with Crippen molar-refractivity contribution in [3.63, 3.8) is 0 Å². The molecule has 25 heavy (non-hydrogen) atoms. The Balaban J connectivity index is 2.12. The number of amides is 2. The number of ether oxygens (including phenoxy) is 1. The van der Waals surface area contributed by atoms with Gasteiger partial charge in [0.25, 0.3) is 11.8 Å². The number of rotatable bonds is 8. The summed E-state index contributed by atoms with van der Waals surface area (Å²) in [5.41, 5.74) is 1.55. The van der Waals surface area contributed by atoms with Gasteiger partial charge in [-0.25, -0.2) is 0 Å². The molecule has 132 valence electrons. The van der Waals surface area contributed by atoms with Crippen LogP contribution in [0.25, 0.3) is 0 Å². The molecule has 0 aliphatic carbocycles. The maximum atomic E-state index is 12.6. The smallest absolute Gasteiger partial charge is 0.259 e. The first kappa shape index (κ1) is 18.5. The summed E-state index contributed by atoms with van der Waals surface area (Å²) in [6, 6.07) is 14.0. The van der Waals surface area contributed by atoms with Crippen LogP contribution in [0.5, 0.6) is 5.75 Å². The summed E-state index contributed by atoms with van der Waals surface area (Å²) in [6.07, 6.45) is 1.96. The van der Waals surface area contributed by atoms with Crippen LogP contribution < -0.4 is 15.4 Å². The molecule has 0 saturated heterocycles. The molecule has 2 rings (SSSR count). The standard InChI is InChI=1S/C20H24N2O3/c1-3-5-13-25-18-12-7-6-11-17(18)20(24)22-16-10-8-9-15(14-16)19(23)21-4-2/h6-12,14H,3-5,13H2,1-2H3,(H,21,23)(H,22,24). The zero-order valence-electron chi connectivity index (χ0n) is 14.7. The van der Waals surface area contributed by atoms with Gasteiger partial charge in [-0.1, -0.05) is 31.5 Å². The van der Waals surface area contributed by atoms with Crippen molar-refractivity contribution in [2.24, 2.45) is 0 Å². The molecule has 0 saturated carbocycles. The zero-order valence-corrected chi connectivity index (χ0v) is 14.7. The highest BCUT2D eigenvalue weighted by Gasteiger charge is 2.13. The average molecular weight is 340 g/mol. The lowest BCUT2D eigenvalue weighted by Crippen LogP contribution is -2.22. The first-order valence-electron chi connectivity index (χ1n) is 8.57. The monoisotopic (exact) mass is 340 g/mol. The number of anilines is 1. The van der Waals surface area contributed by atoms with E-state index in [0.29, 0.717) is 35.7 Å². The summed E-state index contributed by atoms with van der Waals surface area (Å²) in [4.78, 5) is 24.5. The van der Waals surface area contributed by atoms with Gasteiger partial charge in [-0.05, 0) is 43.7 Å². The summed E-state index contributed by atoms with van der Waals surface area (Å²) < 4.78 is 5.71. The Kier molecular flexibility index (Phi) is 7.01. The van der Waals surface area contributed by atoms with Crippen molar-refractivity contribution < 1.29 is 14.3 Å². The van der Waals surface area contributed by atoms with Crippen molar-refractivity contribution in [2.75, 3.05) is 18.5 Å². The van der Waals surface area contributed by atoms with E-state index in [4.69, 9.17) is 4.74 Å². The van der Waals surface area contributed by atoms with Crippen LogP contribution >= 0.6 is 0 Å². The van der Waals surface area contributed by atoms with Gasteiger partial charge in [0.05, 0.1) is 12.2 Å². The minimum Gasteiger partial charge on any atom is -0.493 e. The van der Waals surface area contributed by atoms with E-state index in [1.165, 1.54) is 0 Å². The number of hydrogen-bond acceptors (Lipinski definition) is 3. The van der Waals surface area contributed by atoms with E-state index in [1.54, 1.807) is 42.5 Å². The fourth-order valence-electron chi connectivity index (χ4n) is 2.31. The molecular weight excluding hydrogens is 316 g/mol. The van der Waals surface area contributed by atoms with Crippen LogP contribution in [-0.2, 0) is 0 Å². The molecule has 0 aromatic heterocycles. The lowest BCUT2D eigenvalue weighted by Gasteiger charge is -2.12. The third-order valence-electron chi connectivity index (χ3n) is 3.61. The van der Waals surface area contributed by atoms with Gasteiger partial charge in [0.1, 0.15) is 5.75 Å². The normalized spacial score (nSPS) is 10.2. The largest absolute Gasteiger partial charge is 0.493 e. The molecule has 2 aromatic rings. The zero-order chi connectivity index (χ0) is 18.1. The summed E-state index contributed by atoms with van der Waals surface area (Å²) >= 11 is 0. The van der Waals surface area contributed by atoms with E-state index < -0.39 is 0 Å². The quantitative estimate of drug-likeness (QED) is 0.717. The van der Waals surface area contributed by atoms with Crippen molar-refractivity contribution in [1.29, 1.82) is 0 Å². The molecular formula is C20H24N2O3. The predicted octanol–water partition coefficient (Wildman–Crippen LogP) is 3.87. The fraction of sp³-hybridized carbons (Fsp3) is 0.300. The number of carbonyl (C=O) groups excluding carboxylic acids is 2. The fourth-order valence-corrected chi connectivity index (χ4v) is 2.31. The van der Waals surface area contributed by atoms with Crippen molar-refractivity contribution >= 4 is 17.5 Å². The van der Waals surface area contributed by atoms with Gasteiger partial charge < -0.3 is 15.4 Å². The molecule has 0 spiro atoms. The Hall–Kier alpha value is -2.82. The molecule has 0 fully saturated rings. The maximum absolute atomic E-state index is 12.6. The van der Waals surface area contributed by atoms with Crippen LogP contribution in [0.2, 0.25) is 0 Å². The maximum Gasteiger partial charge on any atom is 0.259 e. The molecule has 0 bridgehead atoms. The van der Waals surface area contributed by atoms with Crippen LogP contribution in [0.3, 0.4) is 0 Å². The number of para-hydroxylation sites is 1. The van der Waals surface area contributed by atoms with E-state index in [0.717, 1.165) is 12.8 Å². The first-order valence-corrected chi connectivity index (χ1v) is 8.57. The van der Waals surface area contributed by atoms with Crippen LogP contribution in [-0.4, -0.2) is 25.0 Å². The molecule has 0 radical (unpaired) electrons. The van der Waals surface area contributed by atoms with Gasteiger partial charge in [0, 0.05) is 17.8 Å². The van der Waals surface area contributed by atoms with Crippen LogP contribution in [0.1, 0.15) is 47.4 Å². The molecule has 0 aliphatic rings. The number of benzene rings is 2. The lowest BCUT2D eigenvalue weighted by atomic mass is 10.1. The van der Waals surface area contributed by atoms with Crippen molar-refractivity contribution in [1.82, 2.24) is 5.32 Å². The van der Waals surface area contributed by atoms with Crippen LogP contribution in [0.4, 0.5) is 5.69 Å². The lowest BCUT2D eigenvalue weighted by molar-refractivity contribution is 0.0954. The van der Waals surface area contributed by atoms with Crippen molar-refractivity contribution in [3.8, 4) is 5.75 Å². The second kappa shape index (κ2) is 9.47. The Morgan fingerprint density at radius 2 is 1.80 bits per heavy atom. The van der Waals surface area contributed by atoms with Crippen LogP contribution in [0.15, 0.2) is 48.5 Å². The minimum atomic E-state index is -0.264. The summed E-state index contributed by atoms with van der Waals surface area (Å²) in [5, 5.41) is 5.57. The van der Waals surface area contributed by atoms with Gasteiger partial charge in [0.15, 0.2) is 0 Å². The van der Waals surface area contributed by atoms with E-state index in [2.05, 4.69) is 17.6 Å².